The van der Waals surface area contributed by atoms with Gasteiger partial charge in [-0.1, -0.05) is 36.4 Å². The summed E-state index contributed by atoms with van der Waals surface area (Å²) >= 11 is 0. The second-order valence-electron chi connectivity index (χ2n) is 4.76. The van der Waals surface area contributed by atoms with Gasteiger partial charge in [0.05, 0.1) is 20.3 Å². The minimum absolute atomic E-state index is 0.0445. The third-order valence-corrected chi connectivity index (χ3v) is 5.42. The molecule has 1 unspecified atom stereocenters. The summed E-state index contributed by atoms with van der Waals surface area (Å²) in [5, 5.41) is 0.613. The maximum absolute atomic E-state index is 13.1. The van der Waals surface area contributed by atoms with Gasteiger partial charge in [-0.3, -0.25) is 4.57 Å². The Kier molecular flexibility index (Phi) is 6.20. The van der Waals surface area contributed by atoms with Gasteiger partial charge in [-0.2, -0.15) is 0 Å². The summed E-state index contributed by atoms with van der Waals surface area (Å²) in [5.41, 5.74) is 1.04. The highest BCUT2D eigenvalue weighted by atomic mass is 31.2. The van der Waals surface area contributed by atoms with Gasteiger partial charge in [0.25, 0.3) is 7.37 Å². The summed E-state index contributed by atoms with van der Waals surface area (Å²) in [6, 6.07) is 16.9. The van der Waals surface area contributed by atoms with E-state index in [-0.39, 0.29) is 6.35 Å². The van der Waals surface area contributed by atoms with Crippen molar-refractivity contribution in [2.24, 2.45) is 0 Å². The number of benzene rings is 2. The van der Waals surface area contributed by atoms with Gasteiger partial charge in [0.2, 0.25) is 0 Å². The van der Waals surface area contributed by atoms with Crippen molar-refractivity contribution < 1.29 is 18.6 Å². The fraction of sp³-hybridized carbons (Fsp3) is 0.294. The van der Waals surface area contributed by atoms with Crippen molar-refractivity contribution in [1.29, 1.82) is 0 Å². The highest BCUT2D eigenvalue weighted by Crippen LogP contribution is 2.46. The first kappa shape index (κ1) is 16.8. The van der Waals surface area contributed by atoms with E-state index in [0.29, 0.717) is 24.3 Å². The van der Waals surface area contributed by atoms with Crippen LogP contribution in [0.25, 0.3) is 0 Å². The van der Waals surface area contributed by atoms with Crippen molar-refractivity contribution >= 4 is 12.7 Å². The third kappa shape index (κ3) is 4.44. The van der Waals surface area contributed by atoms with Crippen molar-refractivity contribution in [2.75, 3.05) is 20.1 Å². The van der Waals surface area contributed by atoms with Crippen molar-refractivity contribution in [3.63, 3.8) is 0 Å². The molecule has 0 radical (unpaired) electrons. The van der Waals surface area contributed by atoms with E-state index in [9.17, 15) is 4.57 Å². The zero-order chi connectivity index (χ0) is 15.8. The van der Waals surface area contributed by atoms with Crippen molar-refractivity contribution in [3.05, 3.63) is 60.2 Å². The van der Waals surface area contributed by atoms with E-state index in [1.807, 2.05) is 43.3 Å². The summed E-state index contributed by atoms with van der Waals surface area (Å²) in [7, 11) is -1.47. The average Bonchev–Trinajstić information content (AvgIpc) is 2.56. The lowest BCUT2D eigenvalue weighted by atomic mass is 10.2. The molecule has 4 nitrogen and oxygen atoms in total. The highest BCUT2D eigenvalue weighted by molar-refractivity contribution is 7.66. The molecule has 2 aromatic rings. The van der Waals surface area contributed by atoms with E-state index in [4.69, 9.17) is 14.0 Å². The van der Waals surface area contributed by atoms with Crippen molar-refractivity contribution in [3.8, 4) is 5.75 Å². The van der Waals surface area contributed by atoms with Gasteiger partial charge in [-0.05, 0) is 30.7 Å². The van der Waals surface area contributed by atoms with Crippen LogP contribution < -0.4 is 10.0 Å². The van der Waals surface area contributed by atoms with Crippen LogP contribution in [0.2, 0.25) is 0 Å². The molecule has 2 aromatic carbocycles. The molecular weight excluding hydrogens is 299 g/mol. The van der Waals surface area contributed by atoms with Crippen LogP contribution in [0.15, 0.2) is 54.6 Å². The molecule has 5 heteroatoms. The van der Waals surface area contributed by atoms with Crippen LogP contribution >= 0.6 is 7.37 Å². The van der Waals surface area contributed by atoms with Crippen LogP contribution in [-0.2, 0) is 20.4 Å². The third-order valence-electron chi connectivity index (χ3n) is 3.16. The first-order valence-electron chi connectivity index (χ1n) is 7.18. The second kappa shape index (κ2) is 8.14. The predicted molar refractivity (Wildman–Crippen MR) is 88.0 cm³/mol. The molecule has 0 saturated carbocycles. The lowest BCUT2D eigenvalue weighted by Crippen LogP contribution is -2.13. The SMILES string of the molecule is CCOP(=O)(COCc1ccccc1)c1cccc(OC)c1. The van der Waals surface area contributed by atoms with Crippen LogP contribution in [0.4, 0.5) is 0 Å². The number of methoxy groups -OCH3 is 1. The largest absolute Gasteiger partial charge is 0.497 e. The Hall–Kier alpha value is -1.61. The molecule has 0 aliphatic carbocycles. The van der Waals surface area contributed by atoms with Crippen LogP contribution in [0, 0.1) is 0 Å². The highest BCUT2D eigenvalue weighted by Gasteiger charge is 2.26. The predicted octanol–water partition coefficient (Wildman–Crippen LogP) is 3.81. The van der Waals surface area contributed by atoms with E-state index >= 15 is 0 Å². The Balaban J connectivity index is 2.08. The van der Waals surface area contributed by atoms with Gasteiger partial charge in [-0.15, -0.1) is 0 Å². The zero-order valence-corrected chi connectivity index (χ0v) is 13.8. The first-order valence-corrected chi connectivity index (χ1v) is 8.99. The Morgan fingerprint density at radius 2 is 1.82 bits per heavy atom. The second-order valence-corrected chi connectivity index (χ2v) is 7.14. The Morgan fingerprint density at radius 3 is 2.50 bits per heavy atom. The molecule has 0 aromatic heterocycles. The minimum atomic E-state index is -3.05. The molecule has 118 valence electrons. The molecule has 0 aliphatic rings. The van der Waals surface area contributed by atoms with Gasteiger partial charge >= 0.3 is 0 Å². The van der Waals surface area contributed by atoms with Gasteiger partial charge < -0.3 is 14.0 Å². The molecule has 22 heavy (non-hydrogen) atoms. The number of ether oxygens (including phenoxy) is 2. The van der Waals surface area contributed by atoms with Gasteiger partial charge in [0.15, 0.2) is 0 Å². The molecule has 0 spiro atoms. The lowest BCUT2D eigenvalue weighted by Gasteiger charge is -2.19. The topological polar surface area (TPSA) is 44.8 Å². The normalized spacial score (nSPS) is 13.5. The summed E-state index contributed by atoms with van der Waals surface area (Å²) < 4.78 is 29.4. The molecule has 0 fully saturated rings. The molecule has 0 saturated heterocycles. The summed E-state index contributed by atoms with van der Waals surface area (Å²) in [4.78, 5) is 0. The monoisotopic (exact) mass is 320 g/mol. The van der Waals surface area contributed by atoms with Crippen LogP contribution in [0.3, 0.4) is 0 Å². The first-order chi connectivity index (χ1) is 10.7. The van der Waals surface area contributed by atoms with Gasteiger partial charge in [-0.25, -0.2) is 0 Å². The van der Waals surface area contributed by atoms with Crippen molar-refractivity contribution in [2.45, 2.75) is 13.5 Å². The molecule has 2 rings (SSSR count). The maximum Gasteiger partial charge on any atom is 0.257 e. The van der Waals surface area contributed by atoms with Crippen molar-refractivity contribution in [1.82, 2.24) is 0 Å². The van der Waals surface area contributed by atoms with Crippen LogP contribution in [0.1, 0.15) is 12.5 Å². The Labute approximate surface area is 131 Å². The lowest BCUT2D eigenvalue weighted by molar-refractivity contribution is 0.151. The zero-order valence-electron chi connectivity index (χ0n) is 12.9. The summed E-state index contributed by atoms with van der Waals surface area (Å²) in [5.74, 6) is 0.653. The van der Waals surface area contributed by atoms with E-state index in [0.717, 1.165) is 5.56 Å². The summed E-state index contributed by atoms with van der Waals surface area (Å²) in [6.07, 6.45) is 0.0445. The molecule has 0 bridgehead atoms. The Morgan fingerprint density at radius 1 is 1.05 bits per heavy atom. The number of hydrogen-bond donors (Lipinski definition) is 0. The van der Waals surface area contributed by atoms with E-state index < -0.39 is 7.37 Å². The molecule has 0 amide bonds. The summed E-state index contributed by atoms with van der Waals surface area (Å²) in [6.45, 7) is 2.59. The number of hydrogen-bond acceptors (Lipinski definition) is 4. The van der Waals surface area contributed by atoms with Crippen LogP contribution in [0.5, 0.6) is 5.75 Å². The van der Waals surface area contributed by atoms with Gasteiger partial charge in [0.1, 0.15) is 12.1 Å². The minimum Gasteiger partial charge on any atom is -0.497 e. The fourth-order valence-electron chi connectivity index (χ4n) is 2.08. The standard InChI is InChI=1S/C17H21O4P/c1-3-21-22(18,17-11-7-10-16(12-17)19-2)14-20-13-15-8-5-4-6-9-15/h4-12H,3,13-14H2,1-2H3. The average molecular weight is 320 g/mol. The molecule has 0 N–H and O–H groups in total. The van der Waals surface area contributed by atoms with E-state index in [1.54, 1.807) is 25.3 Å². The van der Waals surface area contributed by atoms with Crippen LogP contribution in [-0.4, -0.2) is 20.1 Å². The van der Waals surface area contributed by atoms with E-state index in [1.165, 1.54) is 0 Å². The number of rotatable bonds is 8. The maximum atomic E-state index is 13.1. The fourth-order valence-corrected chi connectivity index (χ4v) is 3.83. The quantitative estimate of drug-likeness (QED) is 0.694. The molecule has 0 aliphatic heterocycles. The Bertz CT molecular complexity index is 628. The van der Waals surface area contributed by atoms with Gasteiger partial charge in [0, 0.05) is 5.30 Å². The van der Waals surface area contributed by atoms with E-state index in [2.05, 4.69) is 0 Å². The molecule has 0 heterocycles. The smallest absolute Gasteiger partial charge is 0.257 e. The molecular formula is C17H21O4P. The molecule has 1 atom stereocenters.